The van der Waals surface area contributed by atoms with E-state index in [0.29, 0.717) is 17.9 Å². The van der Waals surface area contributed by atoms with Crippen LogP contribution >= 0.6 is 0 Å². The number of hydrogen-bond acceptors (Lipinski definition) is 4. The van der Waals surface area contributed by atoms with Crippen LogP contribution in [-0.4, -0.2) is 35.9 Å². The molecule has 0 aromatic heterocycles. The summed E-state index contributed by atoms with van der Waals surface area (Å²) in [6.45, 7) is 0. The second kappa shape index (κ2) is 4.08. The summed E-state index contributed by atoms with van der Waals surface area (Å²) in [7, 11) is 1.54. The zero-order chi connectivity index (χ0) is 13.6. The van der Waals surface area contributed by atoms with E-state index in [4.69, 9.17) is 4.74 Å². The van der Waals surface area contributed by atoms with Crippen molar-refractivity contribution in [2.24, 2.45) is 0 Å². The lowest BCUT2D eigenvalue weighted by molar-refractivity contribution is -0.128. The first-order valence-corrected chi connectivity index (χ1v) is 5.97. The Morgan fingerprint density at radius 3 is 2.42 bits per heavy atom. The van der Waals surface area contributed by atoms with Crippen LogP contribution in [0.3, 0.4) is 0 Å². The van der Waals surface area contributed by atoms with E-state index in [9.17, 15) is 14.4 Å². The van der Waals surface area contributed by atoms with Gasteiger partial charge in [0.15, 0.2) is 0 Å². The third kappa shape index (κ3) is 1.60. The van der Waals surface area contributed by atoms with E-state index in [1.807, 2.05) is 0 Å². The summed E-state index contributed by atoms with van der Waals surface area (Å²) in [5.74, 6) is 0.0276. The van der Waals surface area contributed by atoms with Crippen molar-refractivity contribution in [2.45, 2.75) is 18.9 Å². The number of nitrogens with zero attached hydrogens (tertiary/aromatic N) is 2. The highest BCUT2D eigenvalue weighted by Crippen LogP contribution is 2.32. The van der Waals surface area contributed by atoms with Crippen LogP contribution in [0.1, 0.15) is 12.8 Å². The number of hydrogen-bond donors (Lipinski definition) is 0. The number of fused-ring (bicyclic) bond motifs is 1. The molecule has 0 aliphatic carbocycles. The van der Waals surface area contributed by atoms with Gasteiger partial charge in [-0.2, -0.15) is 0 Å². The van der Waals surface area contributed by atoms with Gasteiger partial charge >= 0.3 is 6.03 Å². The van der Waals surface area contributed by atoms with Gasteiger partial charge in [-0.3, -0.25) is 14.5 Å². The molecule has 0 N–H and O–H groups in total. The van der Waals surface area contributed by atoms with Gasteiger partial charge in [0.1, 0.15) is 11.8 Å². The molecule has 2 aliphatic rings. The van der Waals surface area contributed by atoms with Gasteiger partial charge in [-0.05, 0) is 30.7 Å². The van der Waals surface area contributed by atoms with Crippen LogP contribution in [-0.2, 0) is 9.59 Å². The smallest absolute Gasteiger partial charge is 0.338 e. The van der Waals surface area contributed by atoms with E-state index in [2.05, 4.69) is 0 Å². The molecule has 0 radical (unpaired) electrons. The van der Waals surface area contributed by atoms with Gasteiger partial charge in [-0.15, -0.1) is 0 Å². The van der Waals surface area contributed by atoms with E-state index >= 15 is 0 Å². The van der Waals surface area contributed by atoms with Crippen LogP contribution in [0.4, 0.5) is 10.5 Å². The highest BCUT2D eigenvalue weighted by Gasteiger charge is 2.52. The van der Waals surface area contributed by atoms with E-state index < -0.39 is 12.1 Å². The van der Waals surface area contributed by atoms with Crippen molar-refractivity contribution in [2.75, 3.05) is 12.0 Å². The highest BCUT2D eigenvalue weighted by atomic mass is 16.5. The minimum atomic E-state index is -0.623. The van der Waals surface area contributed by atoms with Crippen molar-refractivity contribution in [1.82, 2.24) is 4.90 Å². The Morgan fingerprint density at radius 2 is 1.84 bits per heavy atom. The number of rotatable bonds is 2. The molecule has 0 unspecified atom stereocenters. The molecule has 3 rings (SSSR count). The van der Waals surface area contributed by atoms with E-state index in [1.165, 1.54) is 7.11 Å². The number of imide groups is 2. The maximum Gasteiger partial charge on any atom is 0.338 e. The highest BCUT2D eigenvalue weighted by molar-refractivity contribution is 6.26. The van der Waals surface area contributed by atoms with Crippen molar-refractivity contribution in [3.8, 4) is 5.75 Å². The quantitative estimate of drug-likeness (QED) is 0.748. The number of benzene rings is 1. The van der Waals surface area contributed by atoms with E-state index in [1.54, 1.807) is 24.3 Å². The van der Waals surface area contributed by atoms with Crippen molar-refractivity contribution < 1.29 is 19.1 Å². The molecule has 6 nitrogen and oxygen atoms in total. The lowest BCUT2D eigenvalue weighted by atomic mass is 10.2. The third-order valence-corrected chi connectivity index (χ3v) is 3.45. The molecule has 2 heterocycles. The summed E-state index contributed by atoms with van der Waals surface area (Å²) >= 11 is 0. The topological polar surface area (TPSA) is 66.9 Å². The van der Waals surface area contributed by atoms with Gasteiger partial charge in [-0.25, -0.2) is 9.69 Å². The summed E-state index contributed by atoms with van der Waals surface area (Å²) in [6, 6.07) is 5.41. The molecule has 2 aliphatic heterocycles. The number of amides is 4. The molecule has 1 aromatic rings. The molecule has 6 heteroatoms. The van der Waals surface area contributed by atoms with Crippen LogP contribution < -0.4 is 9.64 Å². The lowest BCUT2D eigenvalue weighted by Crippen LogP contribution is -2.35. The average molecular weight is 260 g/mol. The maximum absolute atomic E-state index is 12.2. The molecule has 19 heavy (non-hydrogen) atoms. The summed E-state index contributed by atoms with van der Waals surface area (Å²) < 4.78 is 5.02. The Kier molecular flexibility index (Phi) is 2.51. The molecule has 0 bridgehead atoms. The normalized spacial score (nSPS) is 22.2. The SMILES string of the molecule is COc1ccc(N2C(=O)[C@@H]3CCC(=O)N3C2=O)cc1. The van der Waals surface area contributed by atoms with Crippen LogP contribution in [0, 0.1) is 0 Å². The Morgan fingerprint density at radius 1 is 1.16 bits per heavy atom. The minimum absolute atomic E-state index is 0.262. The predicted molar refractivity (Wildman–Crippen MR) is 65.7 cm³/mol. The average Bonchev–Trinajstić information content (AvgIpc) is 2.91. The number of methoxy groups -OCH3 is 1. The molecular weight excluding hydrogens is 248 g/mol. The first-order valence-electron chi connectivity index (χ1n) is 5.97. The fourth-order valence-electron chi connectivity index (χ4n) is 2.48. The van der Waals surface area contributed by atoms with E-state index in [-0.39, 0.29) is 18.2 Å². The maximum atomic E-state index is 12.2. The second-order valence-corrected chi connectivity index (χ2v) is 4.47. The van der Waals surface area contributed by atoms with Crippen molar-refractivity contribution >= 4 is 23.5 Å². The first-order chi connectivity index (χ1) is 9.13. The van der Waals surface area contributed by atoms with Gasteiger partial charge in [0.25, 0.3) is 5.91 Å². The number of ether oxygens (including phenoxy) is 1. The van der Waals surface area contributed by atoms with Crippen molar-refractivity contribution in [1.29, 1.82) is 0 Å². The second-order valence-electron chi connectivity index (χ2n) is 4.47. The summed E-state index contributed by atoms with van der Waals surface area (Å²) in [5.41, 5.74) is 0.456. The monoisotopic (exact) mass is 260 g/mol. The summed E-state index contributed by atoms with van der Waals surface area (Å²) in [6.07, 6.45) is 0.675. The fraction of sp³-hybridized carbons (Fsp3) is 0.308. The van der Waals surface area contributed by atoms with Gasteiger partial charge in [0, 0.05) is 6.42 Å². The molecular formula is C13H12N2O4. The summed E-state index contributed by atoms with van der Waals surface area (Å²) in [5, 5.41) is 0. The minimum Gasteiger partial charge on any atom is -0.497 e. The standard InChI is InChI=1S/C13H12N2O4/c1-19-9-4-2-8(3-5-9)14-12(17)10-6-7-11(16)15(10)13(14)18/h2-5,10H,6-7H2,1H3/t10-/m0/s1. The van der Waals surface area contributed by atoms with Gasteiger partial charge in [-0.1, -0.05) is 0 Å². The number of anilines is 1. The molecule has 2 saturated heterocycles. The summed E-state index contributed by atoms with van der Waals surface area (Å²) in [4.78, 5) is 38.0. The first kappa shape index (κ1) is 11.7. The van der Waals surface area contributed by atoms with Crippen LogP contribution in [0.25, 0.3) is 0 Å². The van der Waals surface area contributed by atoms with Crippen molar-refractivity contribution in [3.05, 3.63) is 24.3 Å². The van der Waals surface area contributed by atoms with Crippen molar-refractivity contribution in [3.63, 3.8) is 0 Å². The van der Waals surface area contributed by atoms with Gasteiger partial charge in [0.2, 0.25) is 5.91 Å². The molecule has 2 fully saturated rings. The Hall–Kier alpha value is -2.37. The number of carbonyl (C=O) groups is 3. The molecule has 0 spiro atoms. The Bertz CT molecular complexity index is 567. The molecule has 4 amide bonds. The predicted octanol–water partition coefficient (Wildman–Crippen LogP) is 1.15. The van der Waals surface area contributed by atoms with Crippen LogP contribution in [0.5, 0.6) is 5.75 Å². The Balaban J connectivity index is 1.95. The Labute approximate surface area is 109 Å². The molecule has 98 valence electrons. The fourth-order valence-corrected chi connectivity index (χ4v) is 2.48. The lowest BCUT2D eigenvalue weighted by Gasteiger charge is -2.15. The third-order valence-electron chi connectivity index (χ3n) is 3.45. The van der Waals surface area contributed by atoms with E-state index in [0.717, 1.165) is 9.80 Å². The van der Waals surface area contributed by atoms with Crippen LogP contribution in [0.15, 0.2) is 24.3 Å². The largest absolute Gasteiger partial charge is 0.497 e. The zero-order valence-corrected chi connectivity index (χ0v) is 10.3. The molecule has 1 atom stereocenters. The number of carbonyl (C=O) groups excluding carboxylic acids is 3. The molecule has 0 saturated carbocycles. The van der Waals surface area contributed by atoms with Gasteiger partial charge < -0.3 is 4.74 Å². The van der Waals surface area contributed by atoms with Gasteiger partial charge in [0.05, 0.1) is 12.8 Å². The van der Waals surface area contributed by atoms with Crippen LogP contribution in [0.2, 0.25) is 0 Å². The zero-order valence-electron chi connectivity index (χ0n) is 10.3. The number of urea groups is 1. The molecule has 1 aromatic carbocycles.